The summed E-state index contributed by atoms with van der Waals surface area (Å²) in [6.07, 6.45) is 3.85. The molecule has 0 aliphatic carbocycles. The van der Waals surface area contributed by atoms with E-state index in [4.69, 9.17) is 18.9 Å². The summed E-state index contributed by atoms with van der Waals surface area (Å²) in [6, 6.07) is 11.9. The average molecular weight is 576 g/mol. The number of hydrogen-bond acceptors (Lipinski definition) is 9. The lowest BCUT2D eigenvalue weighted by molar-refractivity contribution is -0.139. The number of hydrogen-bond donors (Lipinski definition) is 0. The van der Waals surface area contributed by atoms with Crippen molar-refractivity contribution in [2.75, 3.05) is 33.1 Å². The van der Waals surface area contributed by atoms with Gasteiger partial charge in [-0.05, 0) is 68.2 Å². The van der Waals surface area contributed by atoms with Crippen LogP contribution in [0.3, 0.4) is 0 Å². The first-order chi connectivity index (χ1) is 19.9. The molecule has 2 aromatic carbocycles. The number of ether oxygens (including phenoxy) is 4. The molecular weight excluding hydrogens is 546 g/mol. The van der Waals surface area contributed by atoms with Crippen LogP contribution in [0.25, 0.3) is 6.08 Å². The van der Waals surface area contributed by atoms with Crippen LogP contribution < -0.4 is 29.1 Å². The summed E-state index contributed by atoms with van der Waals surface area (Å²) in [4.78, 5) is 46.1. The van der Waals surface area contributed by atoms with E-state index in [2.05, 4.69) is 4.99 Å². The predicted molar refractivity (Wildman–Crippen MR) is 151 cm³/mol. The zero-order valence-corrected chi connectivity index (χ0v) is 23.6. The van der Waals surface area contributed by atoms with Gasteiger partial charge in [0.05, 0.1) is 28.5 Å². The molecule has 1 aromatic heterocycles. The Morgan fingerprint density at radius 2 is 1.85 bits per heavy atom. The van der Waals surface area contributed by atoms with Crippen molar-refractivity contribution in [3.05, 3.63) is 84.5 Å². The van der Waals surface area contributed by atoms with Crippen molar-refractivity contribution in [2.45, 2.75) is 32.7 Å². The number of nitrogens with zero attached hydrogens (tertiary/aromatic N) is 3. The molecule has 0 N–H and O–H groups in total. The van der Waals surface area contributed by atoms with E-state index in [0.29, 0.717) is 43.4 Å². The zero-order chi connectivity index (χ0) is 28.5. The molecule has 0 spiro atoms. The van der Waals surface area contributed by atoms with Gasteiger partial charge < -0.3 is 23.8 Å². The lowest BCUT2D eigenvalue weighted by Crippen LogP contribution is -2.39. The monoisotopic (exact) mass is 575 g/mol. The molecule has 11 heteroatoms. The molecule has 3 aliphatic heterocycles. The lowest BCUT2D eigenvalue weighted by Gasteiger charge is -2.24. The summed E-state index contributed by atoms with van der Waals surface area (Å²) >= 11 is 1.25. The molecule has 41 heavy (non-hydrogen) atoms. The van der Waals surface area contributed by atoms with Gasteiger partial charge in [-0.1, -0.05) is 29.5 Å². The molecular formula is C30H29N3O7S. The van der Waals surface area contributed by atoms with Crippen molar-refractivity contribution in [2.24, 2.45) is 4.99 Å². The standard InChI is InChI=1S/C30H29N3O7S/c1-3-37-29(36)26-18(2)31-30-33(27(26)20-8-11-22-23(15-20)40-17-39-22)28(35)24(41-30)14-19-6-9-21(10-7-19)38-16-25(34)32-12-4-5-13-32/h6-11,14-15,27H,3-5,12-13,16-17H2,1-2H3/b24-14+/t27-/m1/s1. The van der Waals surface area contributed by atoms with E-state index in [1.165, 1.54) is 15.9 Å². The van der Waals surface area contributed by atoms with Gasteiger partial charge in [0, 0.05) is 13.1 Å². The first kappa shape index (κ1) is 26.8. The molecule has 3 aromatic rings. The molecule has 0 unspecified atom stereocenters. The fourth-order valence-electron chi connectivity index (χ4n) is 5.20. The number of allylic oxidation sites excluding steroid dienone is 1. The number of carbonyl (C=O) groups is 2. The van der Waals surface area contributed by atoms with Crippen molar-refractivity contribution in [3.63, 3.8) is 0 Å². The molecule has 1 fully saturated rings. The fourth-order valence-corrected chi connectivity index (χ4v) is 6.25. The summed E-state index contributed by atoms with van der Waals surface area (Å²) in [7, 11) is 0. The number of esters is 1. The van der Waals surface area contributed by atoms with Gasteiger partial charge in [-0.2, -0.15) is 0 Å². The maximum absolute atomic E-state index is 13.8. The van der Waals surface area contributed by atoms with Crippen molar-refractivity contribution >= 4 is 29.3 Å². The number of amides is 1. The van der Waals surface area contributed by atoms with Gasteiger partial charge in [0.1, 0.15) is 5.75 Å². The van der Waals surface area contributed by atoms with E-state index in [9.17, 15) is 14.4 Å². The summed E-state index contributed by atoms with van der Waals surface area (Å²) in [5, 5.41) is 0. The number of thiazole rings is 1. The normalized spacial score (nSPS) is 17.9. The van der Waals surface area contributed by atoms with Crippen LogP contribution in [0, 0.1) is 0 Å². The third-order valence-electron chi connectivity index (χ3n) is 7.23. The highest BCUT2D eigenvalue weighted by Crippen LogP contribution is 2.38. The molecule has 4 heterocycles. The zero-order valence-electron chi connectivity index (χ0n) is 22.8. The maximum Gasteiger partial charge on any atom is 0.338 e. The second-order valence-corrected chi connectivity index (χ2v) is 10.9. The highest BCUT2D eigenvalue weighted by molar-refractivity contribution is 7.07. The minimum absolute atomic E-state index is 0.0000446. The molecule has 0 bridgehead atoms. The first-order valence-corrected chi connectivity index (χ1v) is 14.3. The molecule has 1 saturated heterocycles. The molecule has 6 rings (SSSR count). The van der Waals surface area contributed by atoms with E-state index >= 15 is 0 Å². The summed E-state index contributed by atoms with van der Waals surface area (Å²) in [5.74, 6) is 1.19. The van der Waals surface area contributed by atoms with Gasteiger partial charge >= 0.3 is 5.97 Å². The van der Waals surface area contributed by atoms with E-state index in [1.807, 2.05) is 23.1 Å². The van der Waals surface area contributed by atoms with Crippen molar-refractivity contribution < 1.29 is 28.5 Å². The van der Waals surface area contributed by atoms with E-state index in [1.54, 1.807) is 44.2 Å². The topological polar surface area (TPSA) is 109 Å². The van der Waals surface area contributed by atoms with Gasteiger partial charge in [-0.25, -0.2) is 9.79 Å². The van der Waals surface area contributed by atoms with Gasteiger partial charge in [-0.3, -0.25) is 14.2 Å². The van der Waals surface area contributed by atoms with Crippen LogP contribution in [0.15, 0.2) is 63.5 Å². The SMILES string of the molecule is CCOC(=O)C1=C(C)N=c2s/c(=C/c3ccc(OCC(=O)N4CCCC4)cc3)c(=O)n2[C@@H]1c1ccc2c(c1)OCO2. The van der Waals surface area contributed by atoms with Crippen LogP contribution in [0.1, 0.15) is 43.9 Å². The molecule has 0 radical (unpaired) electrons. The number of carbonyl (C=O) groups excluding carboxylic acids is 2. The lowest BCUT2D eigenvalue weighted by atomic mass is 9.95. The number of fused-ring (bicyclic) bond motifs is 2. The molecule has 3 aliphatic rings. The van der Waals surface area contributed by atoms with Crippen LogP contribution in [-0.2, 0) is 14.3 Å². The van der Waals surface area contributed by atoms with Gasteiger partial charge in [0.2, 0.25) is 6.79 Å². The quantitative estimate of drug-likeness (QED) is 0.399. The number of rotatable bonds is 7. The summed E-state index contributed by atoms with van der Waals surface area (Å²) < 4.78 is 24.1. The third-order valence-corrected chi connectivity index (χ3v) is 8.21. The molecule has 1 amide bonds. The van der Waals surface area contributed by atoms with E-state index < -0.39 is 12.0 Å². The number of benzene rings is 2. The van der Waals surface area contributed by atoms with Crippen LogP contribution >= 0.6 is 11.3 Å². The summed E-state index contributed by atoms with van der Waals surface area (Å²) in [5.41, 5.74) is 1.99. The van der Waals surface area contributed by atoms with Crippen LogP contribution in [0.5, 0.6) is 17.2 Å². The fraction of sp³-hybridized carbons (Fsp3) is 0.333. The predicted octanol–water partition coefficient (Wildman–Crippen LogP) is 2.53. The largest absolute Gasteiger partial charge is 0.484 e. The van der Waals surface area contributed by atoms with Gasteiger partial charge in [0.15, 0.2) is 22.9 Å². The van der Waals surface area contributed by atoms with Crippen LogP contribution in [-0.4, -0.2) is 54.4 Å². The Morgan fingerprint density at radius 1 is 1.10 bits per heavy atom. The highest BCUT2D eigenvalue weighted by Gasteiger charge is 2.34. The molecule has 0 saturated carbocycles. The Morgan fingerprint density at radius 3 is 2.61 bits per heavy atom. The van der Waals surface area contributed by atoms with Gasteiger partial charge in [-0.15, -0.1) is 0 Å². The second-order valence-electron chi connectivity index (χ2n) is 9.86. The van der Waals surface area contributed by atoms with Crippen LogP contribution in [0.2, 0.25) is 0 Å². The number of aromatic nitrogens is 1. The molecule has 10 nitrogen and oxygen atoms in total. The Hall–Kier alpha value is -4.38. The highest BCUT2D eigenvalue weighted by atomic mass is 32.1. The average Bonchev–Trinajstić information content (AvgIpc) is 3.73. The van der Waals surface area contributed by atoms with Gasteiger partial charge in [0.25, 0.3) is 11.5 Å². The Kier molecular flexibility index (Phi) is 7.36. The van der Waals surface area contributed by atoms with Crippen LogP contribution in [0.4, 0.5) is 0 Å². The molecule has 212 valence electrons. The van der Waals surface area contributed by atoms with Crippen molar-refractivity contribution in [3.8, 4) is 17.2 Å². The number of likely N-dealkylation sites (tertiary alicyclic amines) is 1. The first-order valence-electron chi connectivity index (χ1n) is 13.5. The minimum atomic E-state index is -0.745. The van der Waals surface area contributed by atoms with E-state index in [0.717, 1.165) is 31.5 Å². The van der Waals surface area contributed by atoms with Crippen molar-refractivity contribution in [1.82, 2.24) is 9.47 Å². The maximum atomic E-state index is 13.8. The van der Waals surface area contributed by atoms with Crippen molar-refractivity contribution in [1.29, 1.82) is 0 Å². The Balaban J connectivity index is 1.33. The summed E-state index contributed by atoms with van der Waals surface area (Å²) in [6.45, 7) is 5.36. The minimum Gasteiger partial charge on any atom is -0.484 e. The second kappa shape index (κ2) is 11.2. The Labute approximate surface area is 239 Å². The third kappa shape index (κ3) is 5.24. The Bertz CT molecular complexity index is 1720. The smallest absolute Gasteiger partial charge is 0.338 e. The molecule has 1 atom stereocenters. The van der Waals surface area contributed by atoms with E-state index in [-0.39, 0.29) is 31.5 Å².